The fraction of sp³-hybridized carbons (Fsp3) is 0.143. The van der Waals surface area contributed by atoms with Crippen LogP contribution in [-0.4, -0.2) is 11.7 Å². The maximum atomic E-state index is 13.2. The number of nitrogens with one attached hydrogen (secondary N) is 1. The van der Waals surface area contributed by atoms with Crippen LogP contribution in [0, 0.1) is 0 Å². The van der Waals surface area contributed by atoms with Crippen LogP contribution in [0.4, 0.5) is 5.69 Å². The Balaban J connectivity index is 1.48. The van der Waals surface area contributed by atoms with Crippen LogP contribution in [-0.2, 0) is 11.2 Å². The number of benzene rings is 3. The number of amides is 1. The molecular formula is C28H22BrNO4. The summed E-state index contributed by atoms with van der Waals surface area (Å²) >= 11 is 3.38. The average molecular weight is 516 g/mol. The van der Waals surface area contributed by atoms with Gasteiger partial charge in [0, 0.05) is 26.4 Å². The third-order valence-electron chi connectivity index (χ3n) is 5.87. The quantitative estimate of drug-likeness (QED) is 0.238. The van der Waals surface area contributed by atoms with Crippen molar-refractivity contribution in [2.24, 2.45) is 0 Å². The largest absolute Gasteiger partial charge is 0.464 e. The van der Waals surface area contributed by atoms with Gasteiger partial charge in [0.15, 0.2) is 5.76 Å². The van der Waals surface area contributed by atoms with Gasteiger partial charge in [0.25, 0.3) is 0 Å². The standard InChI is InChI=1S/C28H22BrNO4/c1-16(2)18-9-12-23-22(13-18)19(15-33-23)14-25(31)30-26-21-5-3-4-6-24(21)34-28(26)27(32)17-7-10-20(29)11-8-17/h3-13,15-16H,14H2,1-2H3,(H,30,31). The second-order valence-electron chi connectivity index (χ2n) is 8.53. The highest BCUT2D eigenvalue weighted by Crippen LogP contribution is 2.33. The maximum Gasteiger partial charge on any atom is 0.230 e. The van der Waals surface area contributed by atoms with Crippen molar-refractivity contribution >= 4 is 55.2 Å². The lowest BCUT2D eigenvalue weighted by atomic mass is 10.00. The second kappa shape index (κ2) is 8.95. The van der Waals surface area contributed by atoms with Crippen molar-refractivity contribution in [3.63, 3.8) is 0 Å². The average Bonchev–Trinajstić information content (AvgIpc) is 3.40. The minimum atomic E-state index is -0.297. The topological polar surface area (TPSA) is 72.5 Å². The molecule has 0 saturated carbocycles. The summed E-state index contributed by atoms with van der Waals surface area (Å²) in [6.45, 7) is 4.25. The molecule has 0 atom stereocenters. The summed E-state index contributed by atoms with van der Waals surface area (Å²) < 4.78 is 12.4. The summed E-state index contributed by atoms with van der Waals surface area (Å²) in [5, 5.41) is 4.53. The third-order valence-corrected chi connectivity index (χ3v) is 6.40. The zero-order chi connectivity index (χ0) is 23.8. The molecule has 0 fully saturated rings. The van der Waals surface area contributed by atoms with Gasteiger partial charge in [0.2, 0.25) is 11.7 Å². The summed E-state index contributed by atoms with van der Waals surface area (Å²) in [5.74, 6) is -0.0788. The predicted octanol–water partition coefficient (Wildman–Crippen LogP) is 7.48. The van der Waals surface area contributed by atoms with Gasteiger partial charge >= 0.3 is 0 Å². The summed E-state index contributed by atoms with van der Waals surface area (Å²) in [4.78, 5) is 26.4. The number of furan rings is 2. The monoisotopic (exact) mass is 515 g/mol. The van der Waals surface area contributed by atoms with Crippen LogP contribution in [0.25, 0.3) is 21.9 Å². The summed E-state index contributed by atoms with van der Waals surface area (Å²) in [5.41, 5.74) is 4.10. The number of para-hydroxylation sites is 1. The first-order valence-electron chi connectivity index (χ1n) is 11.0. The molecule has 6 heteroatoms. The Bertz CT molecular complexity index is 1530. The second-order valence-corrected chi connectivity index (χ2v) is 9.45. The van der Waals surface area contributed by atoms with Crippen LogP contribution in [0.3, 0.4) is 0 Å². The molecule has 1 amide bonds. The molecule has 0 saturated heterocycles. The van der Waals surface area contributed by atoms with E-state index in [4.69, 9.17) is 8.83 Å². The first-order valence-corrected chi connectivity index (χ1v) is 11.8. The molecule has 170 valence electrons. The molecular weight excluding hydrogens is 494 g/mol. The van der Waals surface area contributed by atoms with Crippen LogP contribution in [0.2, 0.25) is 0 Å². The van der Waals surface area contributed by atoms with E-state index >= 15 is 0 Å². The third kappa shape index (κ3) is 4.17. The highest BCUT2D eigenvalue weighted by atomic mass is 79.9. The van der Waals surface area contributed by atoms with Crippen molar-refractivity contribution in [2.75, 3.05) is 5.32 Å². The van der Waals surface area contributed by atoms with E-state index < -0.39 is 0 Å². The summed E-state index contributed by atoms with van der Waals surface area (Å²) in [7, 11) is 0. The molecule has 3 aromatic carbocycles. The first-order chi connectivity index (χ1) is 16.4. The van der Waals surface area contributed by atoms with Gasteiger partial charge in [0.1, 0.15) is 11.2 Å². The molecule has 0 radical (unpaired) electrons. The smallest absolute Gasteiger partial charge is 0.230 e. The SMILES string of the molecule is CC(C)c1ccc2occ(CC(=O)Nc3c(C(=O)c4ccc(Br)cc4)oc4ccccc34)c2c1. The van der Waals surface area contributed by atoms with E-state index in [0.29, 0.717) is 28.1 Å². The highest BCUT2D eigenvalue weighted by Gasteiger charge is 2.24. The molecule has 5 aromatic rings. The fourth-order valence-corrected chi connectivity index (χ4v) is 4.28. The van der Waals surface area contributed by atoms with Crippen molar-refractivity contribution in [3.05, 3.63) is 99.9 Å². The Kier molecular flexibility index (Phi) is 5.84. The van der Waals surface area contributed by atoms with Gasteiger partial charge in [-0.05, 0) is 60.0 Å². The van der Waals surface area contributed by atoms with Gasteiger partial charge in [-0.3, -0.25) is 9.59 Å². The Labute approximate surface area is 204 Å². The molecule has 34 heavy (non-hydrogen) atoms. The lowest BCUT2D eigenvalue weighted by Crippen LogP contribution is -2.16. The molecule has 0 bridgehead atoms. The van der Waals surface area contributed by atoms with Gasteiger partial charge in [-0.1, -0.05) is 48.0 Å². The van der Waals surface area contributed by atoms with Gasteiger partial charge in [-0.25, -0.2) is 0 Å². The molecule has 2 heterocycles. The number of carbonyl (C=O) groups is 2. The zero-order valence-electron chi connectivity index (χ0n) is 18.7. The summed E-state index contributed by atoms with van der Waals surface area (Å²) in [6, 6.07) is 20.4. The van der Waals surface area contributed by atoms with Crippen molar-refractivity contribution < 1.29 is 18.4 Å². The molecule has 0 aliphatic carbocycles. The molecule has 2 aromatic heterocycles. The van der Waals surface area contributed by atoms with Crippen LogP contribution in [0.5, 0.6) is 0 Å². The first kappa shape index (κ1) is 22.2. The van der Waals surface area contributed by atoms with E-state index in [9.17, 15) is 9.59 Å². The molecule has 1 N–H and O–H groups in total. The van der Waals surface area contributed by atoms with Crippen LogP contribution in [0.15, 0.2) is 86.3 Å². The van der Waals surface area contributed by atoms with Gasteiger partial charge in [-0.2, -0.15) is 0 Å². The van der Waals surface area contributed by atoms with E-state index in [-0.39, 0.29) is 23.9 Å². The Hall–Kier alpha value is -3.64. The Morgan fingerprint density at radius 1 is 0.941 bits per heavy atom. The van der Waals surface area contributed by atoms with Crippen LogP contribution < -0.4 is 5.32 Å². The fourth-order valence-electron chi connectivity index (χ4n) is 4.01. The van der Waals surface area contributed by atoms with Gasteiger partial charge < -0.3 is 14.2 Å². The van der Waals surface area contributed by atoms with Crippen molar-refractivity contribution in [1.82, 2.24) is 0 Å². The number of ketones is 1. The number of hydrogen-bond donors (Lipinski definition) is 1. The number of rotatable bonds is 6. The number of halogens is 1. The van der Waals surface area contributed by atoms with Gasteiger partial charge in [0.05, 0.1) is 18.4 Å². The van der Waals surface area contributed by atoms with Crippen molar-refractivity contribution in [2.45, 2.75) is 26.2 Å². The van der Waals surface area contributed by atoms with Crippen LogP contribution >= 0.6 is 15.9 Å². The molecule has 0 aliphatic rings. The molecule has 0 unspecified atom stereocenters. The van der Waals surface area contributed by atoms with Crippen molar-refractivity contribution in [1.29, 1.82) is 0 Å². The minimum absolute atomic E-state index is 0.107. The van der Waals surface area contributed by atoms with E-state index in [0.717, 1.165) is 21.0 Å². The summed E-state index contributed by atoms with van der Waals surface area (Å²) in [6.07, 6.45) is 1.73. The van der Waals surface area contributed by atoms with E-state index in [2.05, 4.69) is 41.2 Å². The maximum absolute atomic E-state index is 13.2. The minimum Gasteiger partial charge on any atom is -0.464 e. The molecule has 5 nitrogen and oxygen atoms in total. The van der Waals surface area contributed by atoms with Crippen molar-refractivity contribution in [3.8, 4) is 0 Å². The molecule has 0 aliphatic heterocycles. The van der Waals surface area contributed by atoms with Gasteiger partial charge in [-0.15, -0.1) is 0 Å². The zero-order valence-corrected chi connectivity index (χ0v) is 20.3. The normalized spacial score (nSPS) is 11.4. The predicted molar refractivity (Wildman–Crippen MR) is 136 cm³/mol. The molecule has 0 spiro atoms. The van der Waals surface area contributed by atoms with E-state index in [1.807, 2.05) is 30.3 Å². The highest BCUT2D eigenvalue weighted by molar-refractivity contribution is 9.10. The van der Waals surface area contributed by atoms with E-state index in [1.165, 1.54) is 5.56 Å². The number of carbonyl (C=O) groups excluding carboxylic acids is 2. The lowest BCUT2D eigenvalue weighted by Gasteiger charge is -2.07. The Morgan fingerprint density at radius 2 is 1.71 bits per heavy atom. The number of fused-ring (bicyclic) bond motifs is 2. The number of anilines is 1. The molecule has 5 rings (SSSR count). The Morgan fingerprint density at radius 3 is 2.47 bits per heavy atom. The number of hydrogen-bond acceptors (Lipinski definition) is 4. The van der Waals surface area contributed by atoms with E-state index in [1.54, 1.807) is 36.6 Å². The lowest BCUT2D eigenvalue weighted by molar-refractivity contribution is -0.115. The van der Waals surface area contributed by atoms with Crippen LogP contribution in [0.1, 0.15) is 47.0 Å².